The van der Waals surface area contributed by atoms with E-state index in [1.807, 2.05) is 48.5 Å². The quantitative estimate of drug-likeness (QED) is 0.556. The largest absolute Gasteiger partial charge is 0.497 e. The molecule has 0 saturated heterocycles. The van der Waals surface area contributed by atoms with Crippen LogP contribution in [0.4, 0.5) is 0 Å². The summed E-state index contributed by atoms with van der Waals surface area (Å²) in [6.07, 6.45) is 0. The van der Waals surface area contributed by atoms with Crippen molar-refractivity contribution < 1.29 is 9.47 Å². The normalized spacial score (nSPS) is 18.1. The molecule has 3 aromatic rings. The highest BCUT2D eigenvalue weighted by Crippen LogP contribution is 2.39. The SMILES string of the molecule is COc1ccc(C2N=C(c3ccc(Cl)cc3Cl)NC2c2ccc(OC)cc2)cc1. The first kappa shape index (κ1) is 19.6. The van der Waals surface area contributed by atoms with Gasteiger partial charge >= 0.3 is 0 Å². The zero-order valence-electron chi connectivity index (χ0n) is 16.0. The second kappa shape index (κ2) is 8.36. The van der Waals surface area contributed by atoms with Crippen molar-refractivity contribution in [1.29, 1.82) is 0 Å². The minimum atomic E-state index is -0.115. The van der Waals surface area contributed by atoms with Gasteiger partial charge in [-0.1, -0.05) is 47.5 Å². The van der Waals surface area contributed by atoms with E-state index in [0.717, 1.165) is 34.0 Å². The summed E-state index contributed by atoms with van der Waals surface area (Å²) in [5.74, 6) is 2.37. The van der Waals surface area contributed by atoms with Crippen LogP contribution in [0, 0.1) is 0 Å². The van der Waals surface area contributed by atoms with Gasteiger partial charge in [-0.15, -0.1) is 0 Å². The molecule has 0 aromatic heterocycles. The van der Waals surface area contributed by atoms with Crippen molar-refractivity contribution in [3.05, 3.63) is 93.5 Å². The number of methoxy groups -OCH3 is 2. The highest BCUT2D eigenvalue weighted by Gasteiger charge is 2.32. The molecular weight excluding hydrogens is 407 g/mol. The zero-order valence-corrected chi connectivity index (χ0v) is 17.5. The van der Waals surface area contributed by atoms with Gasteiger partial charge in [-0.3, -0.25) is 4.99 Å². The molecule has 6 heteroatoms. The van der Waals surface area contributed by atoms with Gasteiger partial charge in [0.25, 0.3) is 0 Å². The van der Waals surface area contributed by atoms with Crippen LogP contribution in [0.1, 0.15) is 28.8 Å². The van der Waals surface area contributed by atoms with E-state index in [1.165, 1.54) is 0 Å². The van der Waals surface area contributed by atoms with Gasteiger partial charge in [-0.05, 0) is 53.6 Å². The van der Waals surface area contributed by atoms with Gasteiger partial charge in [0.15, 0.2) is 0 Å². The van der Waals surface area contributed by atoms with Crippen LogP contribution in [-0.4, -0.2) is 20.1 Å². The molecule has 2 atom stereocenters. The van der Waals surface area contributed by atoms with Crippen molar-refractivity contribution in [2.45, 2.75) is 12.1 Å². The molecule has 0 fully saturated rings. The van der Waals surface area contributed by atoms with Gasteiger partial charge in [0.2, 0.25) is 0 Å². The van der Waals surface area contributed by atoms with Gasteiger partial charge in [0.1, 0.15) is 23.4 Å². The summed E-state index contributed by atoms with van der Waals surface area (Å²) in [7, 11) is 3.32. The second-order valence-corrected chi connectivity index (χ2v) is 7.56. The lowest BCUT2D eigenvalue weighted by Crippen LogP contribution is -2.25. The van der Waals surface area contributed by atoms with Crippen LogP contribution in [0.25, 0.3) is 0 Å². The number of nitrogens with one attached hydrogen (secondary N) is 1. The van der Waals surface area contributed by atoms with E-state index >= 15 is 0 Å². The first-order valence-electron chi connectivity index (χ1n) is 9.16. The third-order valence-corrected chi connectivity index (χ3v) is 5.54. The molecular formula is C23H20Cl2N2O2. The number of ether oxygens (including phenoxy) is 2. The molecule has 148 valence electrons. The molecule has 1 aliphatic rings. The summed E-state index contributed by atoms with van der Waals surface area (Å²) >= 11 is 12.5. The Bertz CT molecular complexity index is 1030. The van der Waals surface area contributed by atoms with Crippen LogP contribution in [0.2, 0.25) is 10.0 Å². The Kier molecular flexibility index (Phi) is 5.65. The van der Waals surface area contributed by atoms with Crippen LogP contribution in [0.15, 0.2) is 71.7 Å². The smallest absolute Gasteiger partial charge is 0.131 e. The minimum absolute atomic E-state index is 0.0453. The number of amidine groups is 1. The second-order valence-electron chi connectivity index (χ2n) is 6.72. The van der Waals surface area contributed by atoms with Crippen molar-refractivity contribution in [2.24, 2.45) is 4.99 Å². The van der Waals surface area contributed by atoms with Crippen molar-refractivity contribution >= 4 is 29.0 Å². The molecule has 0 aliphatic carbocycles. The standard InChI is InChI=1S/C23H20Cl2N2O2/c1-28-17-8-3-14(4-9-17)21-22(15-5-10-18(29-2)11-6-15)27-23(26-21)19-12-7-16(24)13-20(19)25/h3-13,21-22H,1-2H3,(H,26,27). The van der Waals surface area contributed by atoms with Crippen molar-refractivity contribution in [1.82, 2.24) is 5.32 Å². The predicted octanol–water partition coefficient (Wildman–Crippen LogP) is 5.84. The molecule has 0 spiro atoms. The summed E-state index contributed by atoms with van der Waals surface area (Å²) in [4.78, 5) is 4.98. The van der Waals surface area contributed by atoms with Gasteiger partial charge in [0.05, 0.1) is 25.3 Å². The number of halogens is 2. The van der Waals surface area contributed by atoms with E-state index in [2.05, 4.69) is 17.4 Å². The van der Waals surface area contributed by atoms with E-state index < -0.39 is 0 Å². The number of hydrogen-bond donors (Lipinski definition) is 1. The average molecular weight is 427 g/mol. The molecule has 0 amide bonds. The van der Waals surface area contributed by atoms with Gasteiger partial charge in [-0.2, -0.15) is 0 Å². The fraction of sp³-hybridized carbons (Fsp3) is 0.174. The van der Waals surface area contributed by atoms with Crippen molar-refractivity contribution in [2.75, 3.05) is 14.2 Å². The van der Waals surface area contributed by atoms with Crippen LogP contribution in [-0.2, 0) is 0 Å². The molecule has 29 heavy (non-hydrogen) atoms. The van der Waals surface area contributed by atoms with E-state index in [1.54, 1.807) is 20.3 Å². The topological polar surface area (TPSA) is 42.8 Å². The fourth-order valence-corrected chi connectivity index (χ4v) is 3.95. The Morgan fingerprint density at radius 1 is 0.793 bits per heavy atom. The van der Waals surface area contributed by atoms with Gasteiger partial charge in [0, 0.05) is 10.6 Å². The molecule has 4 nitrogen and oxygen atoms in total. The summed E-state index contributed by atoms with van der Waals surface area (Å²) in [5.41, 5.74) is 3.01. The fourth-order valence-electron chi connectivity index (χ4n) is 3.45. The lowest BCUT2D eigenvalue weighted by atomic mass is 9.94. The van der Waals surface area contributed by atoms with Crippen LogP contribution < -0.4 is 14.8 Å². The molecule has 0 radical (unpaired) electrons. The number of nitrogens with zero attached hydrogens (tertiary/aromatic N) is 1. The maximum absolute atomic E-state index is 6.44. The first-order chi connectivity index (χ1) is 14.1. The van der Waals surface area contributed by atoms with Crippen molar-refractivity contribution in [3.8, 4) is 11.5 Å². The zero-order chi connectivity index (χ0) is 20.4. The Morgan fingerprint density at radius 2 is 1.38 bits per heavy atom. The number of rotatable bonds is 5. The lowest BCUT2D eigenvalue weighted by Gasteiger charge is -2.20. The van der Waals surface area contributed by atoms with Gasteiger partial charge < -0.3 is 14.8 Å². The first-order valence-corrected chi connectivity index (χ1v) is 9.92. The Morgan fingerprint density at radius 3 is 1.93 bits per heavy atom. The summed E-state index contributed by atoms with van der Waals surface area (Å²) in [6, 6.07) is 21.3. The summed E-state index contributed by atoms with van der Waals surface area (Å²) < 4.78 is 10.6. The number of hydrogen-bond acceptors (Lipinski definition) is 4. The van der Waals surface area contributed by atoms with Gasteiger partial charge in [-0.25, -0.2) is 0 Å². The van der Waals surface area contributed by atoms with Crippen LogP contribution >= 0.6 is 23.2 Å². The van der Waals surface area contributed by atoms with Crippen LogP contribution in [0.5, 0.6) is 11.5 Å². The summed E-state index contributed by atoms with van der Waals surface area (Å²) in [5, 5.41) is 4.70. The monoisotopic (exact) mass is 426 g/mol. The molecule has 2 unspecified atom stereocenters. The highest BCUT2D eigenvalue weighted by molar-refractivity contribution is 6.37. The van der Waals surface area contributed by atoms with E-state index in [4.69, 9.17) is 37.7 Å². The van der Waals surface area contributed by atoms with E-state index in [9.17, 15) is 0 Å². The molecule has 4 rings (SSSR count). The summed E-state index contributed by atoms with van der Waals surface area (Å²) in [6.45, 7) is 0. The predicted molar refractivity (Wildman–Crippen MR) is 118 cm³/mol. The highest BCUT2D eigenvalue weighted by atomic mass is 35.5. The van der Waals surface area contributed by atoms with Crippen LogP contribution in [0.3, 0.4) is 0 Å². The van der Waals surface area contributed by atoms with E-state index in [-0.39, 0.29) is 12.1 Å². The Hall–Kier alpha value is -2.69. The maximum atomic E-state index is 6.44. The minimum Gasteiger partial charge on any atom is -0.497 e. The molecule has 1 N–H and O–H groups in total. The molecule has 1 aliphatic heterocycles. The molecule has 0 saturated carbocycles. The average Bonchev–Trinajstić information content (AvgIpc) is 3.19. The molecule has 0 bridgehead atoms. The molecule has 1 heterocycles. The molecule has 3 aromatic carbocycles. The Labute approximate surface area is 180 Å². The van der Waals surface area contributed by atoms with Crippen molar-refractivity contribution in [3.63, 3.8) is 0 Å². The third kappa shape index (κ3) is 4.04. The third-order valence-electron chi connectivity index (χ3n) is 4.99. The number of benzene rings is 3. The Balaban J connectivity index is 1.74. The lowest BCUT2D eigenvalue weighted by molar-refractivity contribution is 0.414. The number of aliphatic imine (C=N–C) groups is 1. The van der Waals surface area contributed by atoms with E-state index in [0.29, 0.717) is 10.0 Å². The maximum Gasteiger partial charge on any atom is 0.131 e.